The number of β-lactam (4-membered cyclic amide) rings is 1. The lowest BCUT2D eigenvalue weighted by Gasteiger charge is -2.56. The van der Waals surface area contributed by atoms with Crippen LogP contribution in [0.5, 0.6) is 0 Å². The van der Waals surface area contributed by atoms with Gasteiger partial charge in [-0.3, -0.25) is 14.5 Å². The summed E-state index contributed by atoms with van der Waals surface area (Å²) in [5, 5.41) is 24.6. The highest BCUT2D eigenvalue weighted by atomic mass is 32.2. The normalized spacial score (nSPS) is 19.8. The summed E-state index contributed by atoms with van der Waals surface area (Å²) in [5.41, 5.74) is 0.767. The fraction of sp³-hybridized carbons (Fsp3) is 0.250. The molecule has 4 aromatic rings. The van der Waals surface area contributed by atoms with E-state index in [1.807, 2.05) is 60.7 Å². The molecule has 12 nitrogen and oxygen atoms in total. The van der Waals surface area contributed by atoms with Gasteiger partial charge >= 0.3 is 5.97 Å². The molecule has 0 bridgehead atoms. The number of rotatable bonds is 11. The fourth-order valence-corrected chi connectivity index (χ4v) is 7.75. The minimum atomic E-state index is -1.81. The zero-order valence-corrected chi connectivity index (χ0v) is 26.5. The van der Waals surface area contributed by atoms with E-state index >= 15 is 0 Å². The number of aliphatic hydroxyl groups excluding tert-OH is 1. The fourth-order valence-electron chi connectivity index (χ4n) is 5.32. The number of aryl methyl sites for hydroxylation is 1. The first-order valence-corrected chi connectivity index (χ1v) is 16.3. The first-order valence-electron chi connectivity index (χ1n) is 14.3. The molecule has 2 amide bonds. The van der Waals surface area contributed by atoms with Crippen LogP contribution in [0.3, 0.4) is 0 Å². The highest BCUT2D eigenvalue weighted by Crippen LogP contribution is 2.48. The Morgan fingerprint density at radius 1 is 1.02 bits per heavy atom. The number of benzene rings is 3. The van der Waals surface area contributed by atoms with Gasteiger partial charge < -0.3 is 19.9 Å². The maximum atomic E-state index is 14.2. The molecule has 2 aliphatic heterocycles. The molecule has 6 rings (SSSR count). The van der Waals surface area contributed by atoms with Crippen molar-refractivity contribution in [1.82, 2.24) is 30.4 Å². The van der Waals surface area contributed by atoms with Crippen LogP contribution in [0.15, 0.2) is 107 Å². The van der Waals surface area contributed by atoms with Crippen LogP contribution in [-0.4, -0.2) is 77.7 Å². The summed E-state index contributed by atoms with van der Waals surface area (Å²) in [4.78, 5) is 42.8. The Morgan fingerprint density at radius 3 is 2.15 bits per heavy atom. The van der Waals surface area contributed by atoms with Gasteiger partial charge in [0.25, 0.3) is 17.5 Å². The molecule has 2 N–H and O–H groups in total. The van der Waals surface area contributed by atoms with Crippen molar-refractivity contribution in [2.45, 2.75) is 28.5 Å². The van der Waals surface area contributed by atoms with Crippen LogP contribution in [0, 0.1) is 0 Å². The van der Waals surface area contributed by atoms with Crippen LogP contribution in [0.1, 0.15) is 28.9 Å². The lowest BCUT2D eigenvalue weighted by molar-refractivity contribution is -0.194. The molecule has 1 aromatic heterocycles. The number of hydrogen-bond donors (Lipinski definition) is 2. The number of ether oxygens (including phenoxy) is 2. The molecule has 236 valence electrons. The second kappa shape index (κ2) is 13.5. The van der Waals surface area contributed by atoms with Gasteiger partial charge in [0, 0.05) is 25.7 Å². The van der Waals surface area contributed by atoms with Gasteiger partial charge in [-0.1, -0.05) is 103 Å². The molecule has 0 aliphatic carbocycles. The van der Waals surface area contributed by atoms with E-state index in [1.165, 1.54) is 40.2 Å². The molecule has 3 heterocycles. The number of aliphatic hydroxyl groups is 1. The van der Waals surface area contributed by atoms with Gasteiger partial charge in [-0.2, -0.15) is 0 Å². The van der Waals surface area contributed by atoms with E-state index in [1.54, 1.807) is 37.4 Å². The van der Waals surface area contributed by atoms with E-state index in [0.717, 1.165) is 11.1 Å². The van der Waals surface area contributed by atoms with E-state index in [-0.39, 0.29) is 5.70 Å². The molecule has 3 aromatic carbocycles. The average molecular weight is 659 g/mol. The number of esters is 1. The molecule has 46 heavy (non-hydrogen) atoms. The first-order chi connectivity index (χ1) is 22.3. The summed E-state index contributed by atoms with van der Waals surface area (Å²) >= 11 is 2.64. The minimum absolute atomic E-state index is 0.0683. The Labute approximate surface area is 273 Å². The third-order valence-corrected chi connectivity index (χ3v) is 10.2. The van der Waals surface area contributed by atoms with E-state index < -0.39 is 41.1 Å². The van der Waals surface area contributed by atoms with Gasteiger partial charge in [-0.15, -0.1) is 16.9 Å². The van der Waals surface area contributed by atoms with Crippen molar-refractivity contribution in [2.75, 3.05) is 18.6 Å². The molecule has 3 atom stereocenters. The molecule has 1 fully saturated rings. The number of aromatic nitrogens is 4. The third-order valence-electron chi connectivity index (χ3n) is 7.68. The summed E-state index contributed by atoms with van der Waals surface area (Å²) < 4.78 is 13.4. The number of methoxy groups -OCH3 is 1. The standard InChI is InChI=1S/C32H30N6O6S2/c1-37-31(34-35-36-37)46-19-23-18-45-30-32(43-2,33-27(40)25(39)20-12-6-3-7-13-20)29(42)38(30)24(23)28(41)44-26(21-14-8-4-9-15-21)22-16-10-5-11-17-22/h3-17,25-26,30,39H,18-19H2,1-2H3,(H,33,40)/t25?,30-,32?/m1/s1. The maximum Gasteiger partial charge on any atom is 0.356 e. The number of carbonyl (C=O) groups excluding carboxylic acids is 3. The van der Waals surface area contributed by atoms with Crippen molar-refractivity contribution >= 4 is 41.3 Å². The zero-order valence-electron chi connectivity index (χ0n) is 24.8. The van der Waals surface area contributed by atoms with Gasteiger partial charge in [-0.05, 0) is 32.7 Å². The second-order valence-electron chi connectivity index (χ2n) is 10.5. The summed E-state index contributed by atoms with van der Waals surface area (Å²) in [5.74, 6) is -1.56. The van der Waals surface area contributed by atoms with Crippen molar-refractivity contribution in [2.24, 2.45) is 7.05 Å². The molecule has 0 saturated carbocycles. The minimum Gasteiger partial charge on any atom is -0.448 e. The lowest BCUT2D eigenvalue weighted by atomic mass is 9.97. The van der Waals surface area contributed by atoms with Gasteiger partial charge in [0.15, 0.2) is 12.2 Å². The van der Waals surface area contributed by atoms with Gasteiger partial charge in [0.05, 0.1) is 0 Å². The van der Waals surface area contributed by atoms with Crippen molar-refractivity contribution in [1.29, 1.82) is 0 Å². The molecule has 0 radical (unpaired) electrons. The van der Waals surface area contributed by atoms with E-state index in [9.17, 15) is 19.5 Å². The van der Waals surface area contributed by atoms with E-state index in [0.29, 0.717) is 27.8 Å². The van der Waals surface area contributed by atoms with E-state index in [2.05, 4.69) is 20.8 Å². The van der Waals surface area contributed by atoms with Crippen LogP contribution in [0.4, 0.5) is 0 Å². The number of fused-ring (bicyclic) bond motifs is 1. The Kier molecular flexibility index (Phi) is 9.22. The second-order valence-corrected chi connectivity index (χ2v) is 12.5. The Morgan fingerprint density at radius 2 is 1.61 bits per heavy atom. The monoisotopic (exact) mass is 658 g/mol. The van der Waals surface area contributed by atoms with Crippen molar-refractivity contribution < 1.29 is 29.0 Å². The molecule has 14 heteroatoms. The molecular weight excluding hydrogens is 629 g/mol. The predicted octanol–water partition coefficient (Wildman–Crippen LogP) is 3.00. The van der Waals surface area contributed by atoms with Crippen LogP contribution in [-0.2, 0) is 30.9 Å². The zero-order chi connectivity index (χ0) is 32.3. The quantitative estimate of drug-likeness (QED) is 0.106. The summed E-state index contributed by atoms with van der Waals surface area (Å²) in [6.45, 7) is 0. The SMILES string of the molecule is COC1(NC(=O)C(O)c2ccccc2)C(=O)N2C(C(=O)OC(c3ccccc3)c3ccccc3)=C(CSc3nnnn3C)CS[C@@H]21. The number of carbonyl (C=O) groups is 3. The number of amides is 2. The van der Waals surface area contributed by atoms with Crippen molar-refractivity contribution in [3.8, 4) is 0 Å². The number of tetrazole rings is 1. The van der Waals surface area contributed by atoms with Crippen LogP contribution in [0.2, 0.25) is 0 Å². The first kappa shape index (κ1) is 31.5. The summed E-state index contributed by atoms with van der Waals surface area (Å²) in [7, 11) is 3.01. The Balaban J connectivity index is 1.32. The third kappa shape index (κ3) is 5.91. The van der Waals surface area contributed by atoms with Crippen LogP contribution >= 0.6 is 23.5 Å². The Bertz CT molecular complexity index is 1720. The smallest absolute Gasteiger partial charge is 0.356 e. The maximum absolute atomic E-state index is 14.2. The highest BCUT2D eigenvalue weighted by molar-refractivity contribution is 8.01. The molecule has 2 unspecified atom stereocenters. The number of nitrogens with one attached hydrogen (secondary N) is 1. The van der Waals surface area contributed by atoms with Gasteiger partial charge in [0.1, 0.15) is 11.1 Å². The average Bonchev–Trinajstić information content (AvgIpc) is 3.52. The number of thioether (sulfide) groups is 2. The summed E-state index contributed by atoms with van der Waals surface area (Å²) in [6.07, 6.45) is -2.29. The van der Waals surface area contributed by atoms with Gasteiger partial charge in [-0.25, -0.2) is 9.48 Å². The number of hydrogen-bond acceptors (Lipinski definition) is 11. The highest BCUT2D eigenvalue weighted by Gasteiger charge is 2.67. The van der Waals surface area contributed by atoms with Gasteiger partial charge in [0.2, 0.25) is 5.16 Å². The molecule has 0 spiro atoms. The topological polar surface area (TPSA) is 149 Å². The molecular formula is C32H30N6O6S2. The number of nitrogens with zero attached hydrogens (tertiary/aromatic N) is 5. The summed E-state index contributed by atoms with van der Waals surface area (Å²) in [6, 6.07) is 27.1. The van der Waals surface area contributed by atoms with Crippen molar-refractivity contribution in [3.05, 3.63) is 119 Å². The van der Waals surface area contributed by atoms with E-state index in [4.69, 9.17) is 9.47 Å². The van der Waals surface area contributed by atoms with Crippen LogP contribution in [0.25, 0.3) is 0 Å². The Hall–Kier alpha value is -4.50. The lowest BCUT2D eigenvalue weighted by Crippen LogP contribution is -2.81. The molecule has 1 saturated heterocycles. The van der Waals surface area contributed by atoms with Crippen molar-refractivity contribution in [3.63, 3.8) is 0 Å². The largest absolute Gasteiger partial charge is 0.448 e. The predicted molar refractivity (Wildman–Crippen MR) is 170 cm³/mol. The molecule has 2 aliphatic rings. The van der Waals surface area contributed by atoms with Crippen LogP contribution < -0.4 is 5.32 Å².